The number of rotatable bonds is 3. The van der Waals surface area contributed by atoms with E-state index in [1.165, 1.54) is 12.1 Å². The number of hydrogen-bond acceptors (Lipinski definition) is 2. The number of halogens is 1. The number of nitrogens with zero attached hydrogens (tertiary/aromatic N) is 1. The van der Waals surface area contributed by atoms with E-state index in [-0.39, 0.29) is 23.3 Å². The second-order valence-corrected chi connectivity index (χ2v) is 6.04. The number of carbonyl (C=O) groups excluding carboxylic acids is 2. The minimum atomic E-state index is -0.373. The summed E-state index contributed by atoms with van der Waals surface area (Å²) >= 11 is 0. The maximum absolute atomic E-state index is 13.8. The molecule has 3 aromatic rings. The summed E-state index contributed by atoms with van der Waals surface area (Å²) in [5.74, 6) is -0.641. The van der Waals surface area contributed by atoms with Gasteiger partial charge in [0, 0.05) is 35.2 Å². The number of nitrogens with one attached hydrogen (secondary N) is 2. The molecule has 1 aliphatic rings. The van der Waals surface area contributed by atoms with E-state index in [0.29, 0.717) is 29.6 Å². The van der Waals surface area contributed by atoms with Crippen LogP contribution < -0.4 is 10.2 Å². The summed E-state index contributed by atoms with van der Waals surface area (Å²) in [6.45, 7) is 0.692. The Hall–Kier alpha value is -3.15. The summed E-state index contributed by atoms with van der Waals surface area (Å²) in [5, 5.41) is 3.17. The largest absolute Gasteiger partial charge is 0.350 e. The molecule has 126 valence electrons. The lowest BCUT2D eigenvalue weighted by molar-refractivity contribution is -0.117. The van der Waals surface area contributed by atoms with E-state index in [1.807, 2.05) is 6.07 Å². The van der Waals surface area contributed by atoms with Gasteiger partial charge in [-0.3, -0.25) is 9.59 Å². The number of benzene rings is 2. The van der Waals surface area contributed by atoms with Crippen LogP contribution in [-0.2, 0) is 4.79 Å². The first-order valence-electron chi connectivity index (χ1n) is 8.11. The smallest absolute Gasteiger partial charge is 0.272 e. The highest BCUT2D eigenvalue weighted by Crippen LogP contribution is 2.25. The monoisotopic (exact) mass is 337 g/mol. The lowest BCUT2D eigenvalue weighted by Gasteiger charge is -2.16. The van der Waals surface area contributed by atoms with Crippen molar-refractivity contribution in [2.24, 2.45) is 0 Å². The molecule has 6 heteroatoms. The average molecular weight is 337 g/mol. The predicted octanol–water partition coefficient (Wildman–Crippen LogP) is 3.69. The number of aromatic amines is 1. The van der Waals surface area contributed by atoms with Crippen LogP contribution in [0.1, 0.15) is 23.3 Å². The average Bonchev–Trinajstić information content (AvgIpc) is 3.22. The van der Waals surface area contributed by atoms with Crippen molar-refractivity contribution in [3.8, 4) is 0 Å². The summed E-state index contributed by atoms with van der Waals surface area (Å²) in [6.07, 6.45) is 1.40. The molecule has 2 heterocycles. The van der Waals surface area contributed by atoms with Crippen LogP contribution in [0.5, 0.6) is 0 Å². The molecule has 1 aromatic heterocycles. The van der Waals surface area contributed by atoms with Gasteiger partial charge in [0.25, 0.3) is 5.91 Å². The molecule has 2 N–H and O–H groups in total. The number of amides is 2. The molecule has 2 amide bonds. The third-order valence-electron chi connectivity index (χ3n) is 4.34. The molecular formula is C19H16FN3O2. The molecule has 1 saturated heterocycles. The van der Waals surface area contributed by atoms with Crippen molar-refractivity contribution in [1.29, 1.82) is 0 Å². The third-order valence-corrected chi connectivity index (χ3v) is 4.34. The van der Waals surface area contributed by atoms with Gasteiger partial charge in [0.1, 0.15) is 11.5 Å². The van der Waals surface area contributed by atoms with Crippen LogP contribution in [-0.4, -0.2) is 23.3 Å². The van der Waals surface area contributed by atoms with Gasteiger partial charge in [-0.25, -0.2) is 4.39 Å². The molecule has 0 unspecified atom stereocenters. The second-order valence-electron chi connectivity index (χ2n) is 6.04. The number of fused-ring (bicyclic) bond motifs is 1. The lowest BCUT2D eigenvalue weighted by atomic mass is 10.2. The Morgan fingerprint density at radius 1 is 1.16 bits per heavy atom. The van der Waals surface area contributed by atoms with Crippen LogP contribution in [0.3, 0.4) is 0 Å². The van der Waals surface area contributed by atoms with Crippen LogP contribution in [0.2, 0.25) is 0 Å². The van der Waals surface area contributed by atoms with Crippen molar-refractivity contribution >= 4 is 34.1 Å². The summed E-state index contributed by atoms with van der Waals surface area (Å²) in [4.78, 5) is 28.9. The molecular weight excluding hydrogens is 321 g/mol. The first-order valence-corrected chi connectivity index (χ1v) is 8.11. The van der Waals surface area contributed by atoms with Gasteiger partial charge < -0.3 is 15.2 Å². The van der Waals surface area contributed by atoms with Crippen LogP contribution >= 0.6 is 0 Å². The molecule has 0 saturated carbocycles. The van der Waals surface area contributed by atoms with Crippen LogP contribution in [0, 0.1) is 5.82 Å². The van der Waals surface area contributed by atoms with E-state index in [0.717, 1.165) is 12.1 Å². The van der Waals surface area contributed by atoms with Crippen LogP contribution in [0.4, 0.5) is 15.8 Å². The fourth-order valence-corrected chi connectivity index (χ4v) is 3.11. The fraction of sp³-hybridized carbons (Fsp3) is 0.158. The minimum Gasteiger partial charge on any atom is -0.350 e. The van der Waals surface area contributed by atoms with Crippen molar-refractivity contribution in [2.75, 3.05) is 16.8 Å². The van der Waals surface area contributed by atoms with E-state index in [9.17, 15) is 14.0 Å². The van der Waals surface area contributed by atoms with E-state index >= 15 is 0 Å². The Balaban J connectivity index is 1.57. The fourth-order valence-electron chi connectivity index (χ4n) is 3.11. The summed E-state index contributed by atoms with van der Waals surface area (Å²) < 4.78 is 13.8. The normalized spacial score (nSPS) is 14.3. The highest BCUT2D eigenvalue weighted by Gasteiger charge is 2.22. The molecule has 0 radical (unpaired) electrons. The number of hydrogen-bond donors (Lipinski definition) is 2. The Labute approximate surface area is 143 Å². The molecule has 2 aromatic carbocycles. The molecule has 4 rings (SSSR count). The second kappa shape index (κ2) is 6.05. The SMILES string of the molecule is O=C(Nc1cccc(N2CCCC2=O)c1)c1cc2c(F)cccc2[nH]1. The zero-order valence-electron chi connectivity index (χ0n) is 13.4. The molecule has 0 bridgehead atoms. The van der Waals surface area contributed by atoms with Gasteiger partial charge >= 0.3 is 0 Å². The molecule has 1 fully saturated rings. The topological polar surface area (TPSA) is 65.2 Å². The Kier molecular flexibility index (Phi) is 3.72. The maximum atomic E-state index is 13.8. The summed E-state index contributed by atoms with van der Waals surface area (Å²) in [7, 11) is 0. The zero-order valence-corrected chi connectivity index (χ0v) is 13.4. The van der Waals surface area contributed by atoms with Crippen molar-refractivity contribution < 1.29 is 14.0 Å². The van der Waals surface area contributed by atoms with Crippen LogP contribution in [0.25, 0.3) is 10.9 Å². The van der Waals surface area contributed by atoms with E-state index in [1.54, 1.807) is 35.2 Å². The molecule has 0 atom stereocenters. The van der Waals surface area contributed by atoms with Crippen molar-refractivity contribution in [3.05, 3.63) is 60.0 Å². The predicted molar refractivity (Wildman–Crippen MR) is 94.2 cm³/mol. The highest BCUT2D eigenvalue weighted by atomic mass is 19.1. The van der Waals surface area contributed by atoms with Gasteiger partial charge in [0.15, 0.2) is 0 Å². The van der Waals surface area contributed by atoms with Gasteiger partial charge in [-0.15, -0.1) is 0 Å². The van der Waals surface area contributed by atoms with Gasteiger partial charge in [-0.2, -0.15) is 0 Å². The number of anilines is 2. The minimum absolute atomic E-state index is 0.0922. The highest BCUT2D eigenvalue weighted by molar-refractivity contribution is 6.06. The standard InChI is InChI=1S/C19H16FN3O2/c20-15-6-2-7-16-14(15)11-17(22-16)19(25)21-12-4-1-5-13(10-12)23-9-3-8-18(23)24/h1-2,4-7,10-11,22H,3,8-9H2,(H,21,25). The van der Waals surface area contributed by atoms with Gasteiger partial charge in [-0.1, -0.05) is 12.1 Å². The van der Waals surface area contributed by atoms with Gasteiger partial charge in [0.05, 0.1) is 0 Å². The Morgan fingerprint density at radius 3 is 2.76 bits per heavy atom. The van der Waals surface area contributed by atoms with E-state index in [2.05, 4.69) is 10.3 Å². The molecule has 1 aliphatic heterocycles. The summed E-state index contributed by atoms with van der Waals surface area (Å²) in [5.41, 5.74) is 2.20. The van der Waals surface area contributed by atoms with E-state index in [4.69, 9.17) is 0 Å². The lowest BCUT2D eigenvalue weighted by Crippen LogP contribution is -2.23. The van der Waals surface area contributed by atoms with Gasteiger partial charge in [0.2, 0.25) is 5.91 Å². The zero-order chi connectivity index (χ0) is 17.4. The molecule has 5 nitrogen and oxygen atoms in total. The quantitative estimate of drug-likeness (QED) is 0.765. The van der Waals surface area contributed by atoms with Crippen LogP contribution in [0.15, 0.2) is 48.5 Å². The van der Waals surface area contributed by atoms with Crippen molar-refractivity contribution in [1.82, 2.24) is 4.98 Å². The number of carbonyl (C=O) groups is 2. The first kappa shape index (κ1) is 15.4. The van der Waals surface area contributed by atoms with Gasteiger partial charge in [-0.05, 0) is 42.8 Å². The molecule has 0 spiro atoms. The molecule has 0 aliphatic carbocycles. The summed E-state index contributed by atoms with van der Waals surface area (Å²) in [6, 6.07) is 13.3. The number of H-pyrrole nitrogens is 1. The maximum Gasteiger partial charge on any atom is 0.272 e. The Morgan fingerprint density at radius 2 is 2.00 bits per heavy atom. The first-order chi connectivity index (χ1) is 12.1. The molecule has 25 heavy (non-hydrogen) atoms. The third kappa shape index (κ3) is 2.87. The number of aromatic nitrogens is 1. The Bertz CT molecular complexity index is 980. The van der Waals surface area contributed by atoms with E-state index < -0.39 is 0 Å². The van der Waals surface area contributed by atoms with Crippen molar-refractivity contribution in [3.63, 3.8) is 0 Å². The van der Waals surface area contributed by atoms with Crippen molar-refractivity contribution in [2.45, 2.75) is 12.8 Å².